The van der Waals surface area contributed by atoms with E-state index in [0.29, 0.717) is 29.6 Å². The number of nitrogens with zero attached hydrogens (tertiary/aromatic N) is 4. The predicted octanol–water partition coefficient (Wildman–Crippen LogP) is 7.23. The van der Waals surface area contributed by atoms with Gasteiger partial charge in [-0.2, -0.15) is 18.2 Å². The number of carboxylic acid groups (broad SMARTS) is 1. The van der Waals surface area contributed by atoms with Gasteiger partial charge in [-0.3, -0.25) is 4.98 Å². The first-order chi connectivity index (χ1) is 21.7. The van der Waals surface area contributed by atoms with E-state index in [0.717, 1.165) is 42.0 Å². The zero-order valence-electron chi connectivity index (χ0n) is 25.2. The van der Waals surface area contributed by atoms with Crippen LogP contribution in [0.2, 0.25) is 0 Å². The molecule has 2 aromatic heterocycles. The van der Waals surface area contributed by atoms with Crippen molar-refractivity contribution in [3.8, 4) is 16.9 Å². The third-order valence-corrected chi connectivity index (χ3v) is 8.86. The maximum Gasteiger partial charge on any atom is 0.425 e. The van der Waals surface area contributed by atoms with Gasteiger partial charge in [0.05, 0.1) is 36.0 Å². The van der Waals surface area contributed by atoms with Gasteiger partial charge in [0, 0.05) is 19.2 Å². The minimum absolute atomic E-state index is 0.102. The fourth-order valence-electron chi connectivity index (χ4n) is 6.23. The number of halogens is 5. The van der Waals surface area contributed by atoms with E-state index < -0.39 is 42.7 Å². The topological polar surface area (TPSA) is 102 Å². The van der Waals surface area contributed by atoms with E-state index in [1.165, 1.54) is 28.9 Å². The zero-order valence-corrected chi connectivity index (χ0v) is 25.2. The van der Waals surface area contributed by atoms with Crippen molar-refractivity contribution in [2.45, 2.75) is 63.7 Å². The minimum atomic E-state index is -4.51. The van der Waals surface area contributed by atoms with Crippen molar-refractivity contribution in [2.75, 3.05) is 18.0 Å². The number of hydrogen-bond donors (Lipinski definition) is 1. The van der Waals surface area contributed by atoms with E-state index >= 15 is 0 Å². The number of hydrogen-bond acceptors (Lipinski definition) is 7. The highest BCUT2D eigenvalue weighted by Crippen LogP contribution is 2.53. The van der Waals surface area contributed by atoms with Gasteiger partial charge < -0.3 is 19.3 Å². The van der Waals surface area contributed by atoms with Crippen molar-refractivity contribution in [3.63, 3.8) is 0 Å². The summed E-state index contributed by atoms with van der Waals surface area (Å²) in [7, 11) is 0. The number of fused-ring (bicyclic) bond motifs is 3. The number of carbonyl (C=O) groups is 1. The van der Waals surface area contributed by atoms with E-state index in [2.05, 4.69) is 40.2 Å². The second-order valence-corrected chi connectivity index (χ2v) is 12.1. The molecule has 242 valence electrons. The van der Waals surface area contributed by atoms with E-state index in [4.69, 9.17) is 9.26 Å². The van der Waals surface area contributed by atoms with Gasteiger partial charge in [-0.05, 0) is 66.8 Å². The van der Waals surface area contributed by atoms with E-state index in [-0.39, 0.29) is 11.4 Å². The molecule has 2 fully saturated rings. The lowest BCUT2D eigenvalue weighted by Crippen LogP contribution is -2.56. The first-order valence-corrected chi connectivity index (χ1v) is 14.8. The SMILES string of the molecule is C[C@H](Oc1ccncc1N1CC(F)(F)C1)C(F)(F)F.Cc1nc(C(C)(c2ccc3c(c2C(=O)O)Cc2ccccc2-3)C2CC2)no1. The quantitative estimate of drug-likeness (QED) is 0.186. The van der Waals surface area contributed by atoms with Crippen LogP contribution < -0.4 is 9.64 Å². The molecule has 0 spiro atoms. The molecule has 1 saturated heterocycles. The molecular formula is C33H31F5N4O4. The van der Waals surface area contributed by atoms with E-state index in [1.54, 1.807) is 6.92 Å². The van der Waals surface area contributed by atoms with Crippen LogP contribution in [0, 0.1) is 12.8 Å². The molecule has 1 aliphatic heterocycles. The Kier molecular flexibility index (Phi) is 7.76. The second kappa shape index (κ2) is 11.4. The Balaban J connectivity index is 0.000000173. The highest BCUT2D eigenvalue weighted by Gasteiger charge is 2.50. The van der Waals surface area contributed by atoms with Gasteiger partial charge in [0.1, 0.15) is 5.75 Å². The van der Waals surface area contributed by atoms with Gasteiger partial charge in [0.15, 0.2) is 11.9 Å². The third kappa shape index (κ3) is 5.78. The van der Waals surface area contributed by atoms with Gasteiger partial charge in [-0.15, -0.1) is 0 Å². The predicted molar refractivity (Wildman–Crippen MR) is 157 cm³/mol. The Morgan fingerprint density at radius 3 is 2.43 bits per heavy atom. The van der Waals surface area contributed by atoms with Gasteiger partial charge >= 0.3 is 12.1 Å². The molecule has 1 unspecified atom stereocenters. The number of aryl methyl sites for hydroxylation is 1. The Hall–Kier alpha value is -4.55. The first kappa shape index (κ1) is 31.4. The molecule has 2 atom stereocenters. The zero-order chi connectivity index (χ0) is 33.0. The summed E-state index contributed by atoms with van der Waals surface area (Å²) in [5.41, 5.74) is 5.01. The number of alkyl halides is 5. The average Bonchev–Trinajstić information content (AvgIpc) is 3.65. The smallest absolute Gasteiger partial charge is 0.425 e. The molecule has 8 nitrogen and oxygen atoms in total. The summed E-state index contributed by atoms with van der Waals surface area (Å²) in [6.45, 7) is 3.59. The van der Waals surface area contributed by atoms with Crippen LogP contribution in [0.3, 0.4) is 0 Å². The largest absolute Gasteiger partial charge is 0.479 e. The molecule has 46 heavy (non-hydrogen) atoms. The standard InChI is InChI=1S/C22H20N2O3.C11H11F5N2O/c1-12-23-21(24-27-12)22(2,14-7-8-14)18-10-9-16-15-6-4-3-5-13(15)11-17(16)19(18)20(25)26;1-7(11(14,15)16)19-9-2-3-17-4-8(9)18-5-10(12,13)6-18/h3-6,9-10,14H,7-8,11H2,1-2H3,(H,25,26);2-4,7H,5-6H2,1H3/t;7-/m.0/s1. The number of carboxylic acids is 1. The summed E-state index contributed by atoms with van der Waals surface area (Å²) in [6, 6.07) is 13.4. The molecule has 4 aromatic rings. The summed E-state index contributed by atoms with van der Waals surface area (Å²) in [5.74, 6) is -2.39. The minimum Gasteiger partial charge on any atom is -0.479 e. The number of anilines is 1. The van der Waals surface area contributed by atoms with Crippen molar-refractivity contribution in [3.05, 3.63) is 88.8 Å². The van der Waals surface area contributed by atoms with Crippen LogP contribution in [0.5, 0.6) is 5.75 Å². The summed E-state index contributed by atoms with van der Waals surface area (Å²) >= 11 is 0. The molecular weight excluding hydrogens is 611 g/mol. The Morgan fingerprint density at radius 1 is 1.11 bits per heavy atom. The summed E-state index contributed by atoms with van der Waals surface area (Å²) in [6.07, 6.45) is -1.34. The van der Waals surface area contributed by atoms with Crippen molar-refractivity contribution < 1.29 is 41.1 Å². The Labute approximate surface area is 261 Å². The molecule has 3 heterocycles. The molecule has 1 saturated carbocycles. The molecule has 13 heteroatoms. The fourth-order valence-corrected chi connectivity index (χ4v) is 6.23. The van der Waals surface area contributed by atoms with Gasteiger partial charge in [0.2, 0.25) is 5.89 Å². The van der Waals surface area contributed by atoms with Crippen LogP contribution in [0.4, 0.5) is 27.6 Å². The van der Waals surface area contributed by atoms with Crippen molar-refractivity contribution >= 4 is 11.7 Å². The number of aromatic carboxylic acids is 1. The van der Waals surface area contributed by atoms with Crippen LogP contribution >= 0.6 is 0 Å². The Bertz CT molecular complexity index is 1780. The molecule has 0 bridgehead atoms. The number of ether oxygens (including phenoxy) is 1. The lowest BCUT2D eigenvalue weighted by atomic mass is 9.73. The number of pyridine rings is 1. The molecule has 3 aliphatic rings. The molecule has 0 radical (unpaired) electrons. The first-order valence-electron chi connectivity index (χ1n) is 14.8. The average molecular weight is 643 g/mol. The molecule has 7 rings (SSSR count). The van der Waals surface area contributed by atoms with Crippen LogP contribution in [0.25, 0.3) is 11.1 Å². The maximum absolute atomic E-state index is 12.8. The van der Waals surface area contributed by atoms with Crippen LogP contribution in [0.1, 0.15) is 65.5 Å². The fraction of sp³-hybridized carbons (Fsp3) is 0.394. The molecule has 2 aromatic carbocycles. The third-order valence-electron chi connectivity index (χ3n) is 8.86. The lowest BCUT2D eigenvalue weighted by molar-refractivity contribution is -0.189. The Morgan fingerprint density at radius 2 is 1.83 bits per heavy atom. The van der Waals surface area contributed by atoms with Crippen LogP contribution in [-0.4, -0.2) is 57.5 Å². The molecule has 2 aliphatic carbocycles. The summed E-state index contributed by atoms with van der Waals surface area (Å²) in [4.78, 5) is 21.8. The van der Waals surface area contributed by atoms with Gasteiger partial charge in [0.25, 0.3) is 5.92 Å². The van der Waals surface area contributed by atoms with Gasteiger partial charge in [-0.1, -0.05) is 41.6 Å². The van der Waals surface area contributed by atoms with Crippen molar-refractivity contribution in [2.24, 2.45) is 5.92 Å². The lowest BCUT2D eigenvalue weighted by Gasteiger charge is -2.40. The summed E-state index contributed by atoms with van der Waals surface area (Å²) < 4.78 is 72.8. The maximum atomic E-state index is 12.8. The second-order valence-electron chi connectivity index (χ2n) is 12.1. The number of rotatable bonds is 7. The number of aromatic nitrogens is 3. The van der Waals surface area contributed by atoms with Crippen LogP contribution in [-0.2, 0) is 11.8 Å². The number of benzene rings is 2. The van der Waals surface area contributed by atoms with Gasteiger partial charge in [-0.25, -0.2) is 13.6 Å². The highest BCUT2D eigenvalue weighted by atomic mass is 19.4. The van der Waals surface area contributed by atoms with E-state index in [9.17, 15) is 31.9 Å². The summed E-state index contributed by atoms with van der Waals surface area (Å²) in [5, 5.41) is 14.3. The van der Waals surface area contributed by atoms with Crippen molar-refractivity contribution in [1.29, 1.82) is 0 Å². The highest BCUT2D eigenvalue weighted by molar-refractivity contribution is 5.96. The molecule has 1 N–H and O–H groups in total. The van der Waals surface area contributed by atoms with Crippen LogP contribution in [0.15, 0.2) is 59.4 Å². The normalized spacial score (nSPS) is 18.3. The molecule has 0 amide bonds. The van der Waals surface area contributed by atoms with E-state index in [1.807, 2.05) is 18.2 Å². The monoisotopic (exact) mass is 642 g/mol. The van der Waals surface area contributed by atoms with Crippen molar-refractivity contribution in [1.82, 2.24) is 15.1 Å².